The van der Waals surface area contributed by atoms with Crippen LogP contribution in [-0.2, 0) is 21.2 Å². The number of aryl methyl sites for hydroxylation is 1. The zero-order valence-electron chi connectivity index (χ0n) is 14.5. The number of hydrogen-bond donors (Lipinski definition) is 1. The number of carbonyl (C=O) groups is 1. The molecule has 2 rings (SSSR count). The SMILES string of the molecule is CCCc1ccc(C(=O)N[C@@H]2COC[C@H]2CS(=O)(=O)N(C)C)cc1. The fourth-order valence-corrected chi connectivity index (χ4v) is 3.87. The second-order valence-corrected chi connectivity index (χ2v) is 8.61. The van der Waals surface area contributed by atoms with Gasteiger partial charge in [-0.15, -0.1) is 0 Å². The van der Waals surface area contributed by atoms with Crippen LogP contribution in [0.5, 0.6) is 0 Å². The summed E-state index contributed by atoms with van der Waals surface area (Å²) in [6, 6.07) is 7.24. The molecule has 6 nitrogen and oxygen atoms in total. The number of amides is 1. The lowest BCUT2D eigenvalue weighted by Crippen LogP contribution is -2.43. The Labute approximate surface area is 144 Å². The van der Waals surface area contributed by atoms with Crippen molar-refractivity contribution in [1.29, 1.82) is 0 Å². The highest BCUT2D eigenvalue weighted by Gasteiger charge is 2.34. The highest BCUT2D eigenvalue weighted by atomic mass is 32.2. The number of ether oxygens (including phenoxy) is 1. The Kier molecular flexibility index (Phi) is 6.37. The maximum Gasteiger partial charge on any atom is 0.251 e. The number of nitrogens with one attached hydrogen (secondary N) is 1. The molecule has 0 bridgehead atoms. The molecule has 0 saturated carbocycles. The summed E-state index contributed by atoms with van der Waals surface area (Å²) in [5.74, 6) is -0.457. The number of sulfonamides is 1. The van der Waals surface area contributed by atoms with Gasteiger partial charge in [-0.1, -0.05) is 25.5 Å². The first kappa shape index (κ1) is 18.9. The molecule has 0 aromatic heterocycles. The number of rotatable bonds is 7. The second kappa shape index (κ2) is 8.09. The van der Waals surface area contributed by atoms with Crippen LogP contribution in [0, 0.1) is 5.92 Å². The molecule has 1 fully saturated rings. The summed E-state index contributed by atoms with van der Waals surface area (Å²) in [4.78, 5) is 12.4. The summed E-state index contributed by atoms with van der Waals surface area (Å²) in [7, 11) is -0.304. The molecule has 2 atom stereocenters. The van der Waals surface area contributed by atoms with Crippen LogP contribution < -0.4 is 5.32 Å². The molecule has 1 heterocycles. The third-order valence-corrected chi connectivity index (χ3v) is 6.21. The number of nitrogens with zero attached hydrogens (tertiary/aromatic N) is 1. The van der Waals surface area contributed by atoms with E-state index in [9.17, 15) is 13.2 Å². The predicted octanol–water partition coefficient (Wildman–Crippen LogP) is 1.28. The van der Waals surface area contributed by atoms with Crippen LogP contribution in [0.15, 0.2) is 24.3 Å². The summed E-state index contributed by atoms with van der Waals surface area (Å²) in [5, 5.41) is 2.91. The molecule has 134 valence electrons. The van der Waals surface area contributed by atoms with E-state index in [-0.39, 0.29) is 23.6 Å². The van der Waals surface area contributed by atoms with Gasteiger partial charge in [-0.25, -0.2) is 12.7 Å². The molecule has 0 unspecified atom stereocenters. The van der Waals surface area contributed by atoms with E-state index in [1.165, 1.54) is 24.0 Å². The van der Waals surface area contributed by atoms with Crippen LogP contribution in [0.3, 0.4) is 0 Å². The van der Waals surface area contributed by atoms with E-state index >= 15 is 0 Å². The van der Waals surface area contributed by atoms with Crippen molar-refractivity contribution in [3.8, 4) is 0 Å². The zero-order chi connectivity index (χ0) is 17.7. The van der Waals surface area contributed by atoms with Crippen molar-refractivity contribution in [2.24, 2.45) is 5.92 Å². The lowest BCUT2D eigenvalue weighted by Gasteiger charge is -2.21. The molecule has 1 aliphatic rings. The van der Waals surface area contributed by atoms with Crippen LogP contribution >= 0.6 is 0 Å². The first-order chi connectivity index (χ1) is 11.3. The molecule has 0 aliphatic carbocycles. The lowest BCUT2D eigenvalue weighted by atomic mass is 10.0. The molecule has 0 spiro atoms. The molecule has 7 heteroatoms. The van der Waals surface area contributed by atoms with Crippen molar-refractivity contribution in [2.75, 3.05) is 33.1 Å². The third-order valence-electron chi connectivity index (χ3n) is 4.25. The molecule has 1 N–H and O–H groups in total. The van der Waals surface area contributed by atoms with E-state index in [2.05, 4.69) is 12.2 Å². The first-order valence-electron chi connectivity index (χ1n) is 8.21. The van der Waals surface area contributed by atoms with Gasteiger partial charge in [-0.3, -0.25) is 4.79 Å². The minimum Gasteiger partial charge on any atom is -0.379 e. The Morgan fingerprint density at radius 2 is 1.92 bits per heavy atom. The standard InChI is InChI=1S/C17H26N2O4S/c1-4-5-13-6-8-14(9-7-13)17(20)18-16-11-23-10-15(16)12-24(21,22)19(2)3/h6-9,15-16H,4-5,10-12H2,1-3H3,(H,18,20)/t15-,16+/m0/s1. The van der Waals surface area contributed by atoms with Crippen molar-refractivity contribution in [2.45, 2.75) is 25.8 Å². The molecule has 1 amide bonds. The average Bonchev–Trinajstić information content (AvgIpc) is 2.94. The van der Waals surface area contributed by atoms with Gasteiger partial charge in [0.25, 0.3) is 5.91 Å². The number of benzene rings is 1. The molecule has 1 aliphatic heterocycles. The van der Waals surface area contributed by atoms with Gasteiger partial charge >= 0.3 is 0 Å². The van der Waals surface area contributed by atoms with Crippen molar-refractivity contribution in [3.63, 3.8) is 0 Å². The van der Waals surface area contributed by atoms with Crippen molar-refractivity contribution >= 4 is 15.9 Å². The van der Waals surface area contributed by atoms with Gasteiger partial charge in [0, 0.05) is 25.6 Å². The number of hydrogen-bond acceptors (Lipinski definition) is 4. The van der Waals surface area contributed by atoms with Gasteiger partial charge in [0.15, 0.2) is 0 Å². The second-order valence-electron chi connectivity index (χ2n) is 6.39. The smallest absolute Gasteiger partial charge is 0.251 e. The third kappa shape index (κ3) is 4.78. The van der Waals surface area contributed by atoms with Crippen molar-refractivity contribution < 1.29 is 17.9 Å². The van der Waals surface area contributed by atoms with Crippen LogP contribution in [0.4, 0.5) is 0 Å². The predicted molar refractivity (Wildman–Crippen MR) is 93.5 cm³/mol. The Bertz CT molecular complexity index is 656. The fourth-order valence-electron chi connectivity index (χ4n) is 2.71. The minimum atomic E-state index is -3.32. The molecular weight excluding hydrogens is 328 g/mol. The van der Waals surface area contributed by atoms with Gasteiger partial charge in [0.1, 0.15) is 0 Å². The summed E-state index contributed by atoms with van der Waals surface area (Å²) in [6.45, 7) is 2.80. The number of carbonyl (C=O) groups excluding carboxylic acids is 1. The Balaban J connectivity index is 1.99. The van der Waals surface area contributed by atoms with Crippen LogP contribution in [0.2, 0.25) is 0 Å². The molecule has 1 aromatic carbocycles. The maximum absolute atomic E-state index is 12.4. The van der Waals surface area contributed by atoms with E-state index in [1.807, 2.05) is 24.3 Å². The summed E-state index contributed by atoms with van der Waals surface area (Å²) >= 11 is 0. The van der Waals surface area contributed by atoms with Gasteiger partial charge in [0.05, 0.1) is 25.0 Å². The lowest BCUT2D eigenvalue weighted by molar-refractivity contribution is 0.0926. The highest BCUT2D eigenvalue weighted by Crippen LogP contribution is 2.18. The molecule has 1 aromatic rings. The first-order valence-corrected chi connectivity index (χ1v) is 9.82. The zero-order valence-corrected chi connectivity index (χ0v) is 15.3. The minimum absolute atomic E-state index is 0.0274. The topological polar surface area (TPSA) is 75.7 Å². The molecule has 24 heavy (non-hydrogen) atoms. The van der Waals surface area contributed by atoms with Crippen molar-refractivity contribution in [1.82, 2.24) is 9.62 Å². The van der Waals surface area contributed by atoms with Crippen LogP contribution in [0.25, 0.3) is 0 Å². The molecular formula is C17H26N2O4S. The van der Waals surface area contributed by atoms with E-state index in [1.54, 1.807) is 0 Å². The van der Waals surface area contributed by atoms with Crippen LogP contribution in [0.1, 0.15) is 29.3 Å². The van der Waals surface area contributed by atoms with E-state index in [0.717, 1.165) is 12.8 Å². The van der Waals surface area contributed by atoms with Gasteiger partial charge in [-0.05, 0) is 24.1 Å². The average molecular weight is 354 g/mol. The Morgan fingerprint density at radius 3 is 2.50 bits per heavy atom. The van der Waals surface area contributed by atoms with Gasteiger partial charge < -0.3 is 10.1 Å². The summed E-state index contributed by atoms with van der Waals surface area (Å²) in [6.07, 6.45) is 2.05. The highest BCUT2D eigenvalue weighted by molar-refractivity contribution is 7.89. The van der Waals surface area contributed by atoms with E-state index < -0.39 is 10.0 Å². The van der Waals surface area contributed by atoms with Crippen molar-refractivity contribution in [3.05, 3.63) is 35.4 Å². The Hall–Kier alpha value is -1.44. The normalized spacial score (nSPS) is 21.2. The summed E-state index contributed by atoms with van der Waals surface area (Å²) < 4.78 is 30.7. The summed E-state index contributed by atoms with van der Waals surface area (Å²) in [5.41, 5.74) is 1.78. The van der Waals surface area contributed by atoms with Gasteiger partial charge in [0.2, 0.25) is 10.0 Å². The molecule has 1 saturated heterocycles. The van der Waals surface area contributed by atoms with Gasteiger partial charge in [-0.2, -0.15) is 0 Å². The quantitative estimate of drug-likeness (QED) is 0.800. The largest absolute Gasteiger partial charge is 0.379 e. The fraction of sp³-hybridized carbons (Fsp3) is 0.588. The monoisotopic (exact) mass is 354 g/mol. The van der Waals surface area contributed by atoms with E-state index in [0.29, 0.717) is 18.8 Å². The molecule has 0 radical (unpaired) electrons. The van der Waals surface area contributed by atoms with Crippen LogP contribution in [-0.4, -0.2) is 57.7 Å². The maximum atomic E-state index is 12.4. The van der Waals surface area contributed by atoms with E-state index in [4.69, 9.17) is 4.74 Å². The Morgan fingerprint density at radius 1 is 1.25 bits per heavy atom.